The lowest BCUT2D eigenvalue weighted by Crippen LogP contribution is -2.50. The Balaban J connectivity index is 1.59. The molecule has 190 valence electrons. The van der Waals surface area contributed by atoms with Gasteiger partial charge in [-0.2, -0.15) is 13.2 Å². The molecule has 1 saturated heterocycles. The van der Waals surface area contributed by atoms with E-state index >= 15 is 0 Å². The number of morpholine rings is 1. The smallest absolute Gasteiger partial charge is 0.417 e. The number of hydrogen-bond donors (Lipinski definition) is 3. The molecule has 2 aromatic heterocycles. The molecule has 4 rings (SSSR count). The largest absolute Gasteiger partial charge is 0.508 e. The molecule has 1 fully saturated rings. The summed E-state index contributed by atoms with van der Waals surface area (Å²) in [6.07, 6.45) is -4.56. The van der Waals surface area contributed by atoms with Crippen molar-refractivity contribution in [1.29, 1.82) is 0 Å². The fourth-order valence-electron chi connectivity index (χ4n) is 4.76. The highest BCUT2D eigenvalue weighted by Gasteiger charge is 2.56. The predicted molar refractivity (Wildman–Crippen MR) is 130 cm³/mol. The summed E-state index contributed by atoms with van der Waals surface area (Å²) < 4.78 is 48.7. The summed E-state index contributed by atoms with van der Waals surface area (Å²) in [5.41, 5.74) is -2.17. The van der Waals surface area contributed by atoms with Crippen molar-refractivity contribution in [2.75, 3.05) is 26.3 Å². The molecule has 1 aromatic carbocycles. The third-order valence-corrected chi connectivity index (χ3v) is 7.03. The molecule has 0 amide bonds. The Bertz CT molecular complexity index is 1190. The molecule has 1 atom stereocenters. The van der Waals surface area contributed by atoms with Crippen molar-refractivity contribution < 1.29 is 28.1 Å². The summed E-state index contributed by atoms with van der Waals surface area (Å²) in [6.45, 7) is 6.74. The first-order valence-electron chi connectivity index (χ1n) is 11.4. The number of halogens is 4. The standard InChI is InChI=1S/C25H29BrF3N3O3/c1-23(2,20-11-17(26)3-4-22(20)33)15-24(34,25(27,28)29)12-18-9-16-10-19(30-13-21(16)31-18)14-32-5-7-35-8-6-32/h3-4,9-11,13,31,33-34H,5-8,12,14-15H2,1-2H3. The zero-order chi connectivity index (χ0) is 25.4. The molecule has 0 saturated carbocycles. The van der Waals surface area contributed by atoms with Crippen molar-refractivity contribution in [2.45, 2.75) is 50.4 Å². The minimum atomic E-state index is -4.89. The quantitative estimate of drug-likeness (QED) is 0.379. The van der Waals surface area contributed by atoms with Gasteiger partial charge in [-0.3, -0.25) is 9.88 Å². The van der Waals surface area contributed by atoms with Crippen LogP contribution < -0.4 is 0 Å². The van der Waals surface area contributed by atoms with Gasteiger partial charge in [0.2, 0.25) is 0 Å². The molecule has 3 aromatic rings. The number of H-pyrrole nitrogens is 1. The molecule has 6 nitrogen and oxygen atoms in total. The number of aromatic amines is 1. The van der Waals surface area contributed by atoms with Gasteiger partial charge in [-0.15, -0.1) is 0 Å². The second-order valence-corrected chi connectivity index (χ2v) is 10.8. The number of ether oxygens (including phenoxy) is 1. The average molecular weight is 556 g/mol. The summed E-state index contributed by atoms with van der Waals surface area (Å²) in [7, 11) is 0. The first kappa shape index (κ1) is 25.9. The van der Waals surface area contributed by atoms with Crippen LogP contribution in [0.15, 0.2) is 41.0 Å². The molecule has 1 unspecified atom stereocenters. The summed E-state index contributed by atoms with van der Waals surface area (Å²) in [6, 6.07) is 8.11. The lowest BCUT2D eigenvalue weighted by Gasteiger charge is -2.38. The van der Waals surface area contributed by atoms with E-state index in [9.17, 15) is 23.4 Å². The first-order valence-corrected chi connectivity index (χ1v) is 12.2. The number of phenols is 1. The van der Waals surface area contributed by atoms with E-state index in [0.717, 1.165) is 24.2 Å². The van der Waals surface area contributed by atoms with E-state index in [1.807, 2.05) is 6.07 Å². The van der Waals surface area contributed by atoms with Crippen LogP contribution in [0.3, 0.4) is 0 Å². The molecule has 1 aliphatic rings. The highest BCUT2D eigenvalue weighted by atomic mass is 79.9. The zero-order valence-corrected chi connectivity index (χ0v) is 21.2. The average Bonchev–Trinajstić information content (AvgIpc) is 3.16. The number of aliphatic hydroxyl groups is 1. The van der Waals surface area contributed by atoms with Gasteiger partial charge in [-0.1, -0.05) is 29.8 Å². The predicted octanol–water partition coefficient (Wildman–Crippen LogP) is 5.07. The van der Waals surface area contributed by atoms with Crippen molar-refractivity contribution in [2.24, 2.45) is 0 Å². The van der Waals surface area contributed by atoms with Crippen LogP contribution in [-0.2, 0) is 23.1 Å². The fraction of sp³-hybridized carbons (Fsp3) is 0.480. The van der Waals surface area contributed by atoms with E-state index in [0.29, 0.717) is 35.3 Å². The van der Waals surface area contributed by atoms with Gasteiger partial charge in [0.25, 0.3) is 0 Å². The van der Waals surface area contributed by atoms with Crippen LogP contribution in [0.4, 0.5) is 13.2 Å². The summed E-state index contributed by atoms with van der Waals surface area (Å²) in [5, 5.41) is 22.0. The number of nitrogens with one attached hydrogen (secondary N) is 1. The van der Waals surface area contributed by atoms with Crippen molar-refractivity contribution in [3.8, 4) is 5.75 Å². The lowest BCUT2D eigenvalue weighted by atomic mass is 9.73. The molecule has 3 N–H and O–H groups in total. The van der Waals surface area contributed by atoms with Crippen LogP contribution in [-0.4, -0.2) is 63.2 Å². The molecular weight excluding hydrogens is 527 g/mol. The van der Waals surface area contributed by atoms with Crippen LogP contribution in [0, 0.1) is 0 Å². The summed E-state index contributed by atoms with van der Waals surface area (Å²) >= 11 is 3.30. The van der Waals surface area contributed by atoms with Gasteiger partial charge in [0, 0.05) is 47.2 Å². The van der Waals surface area contributed by atoms with Gasteiger partial charge in [-0.25, -0.2) is 0 Å². The van der Waals surface area contributed by atoms with Crippen LogP contribution in [0.25, 0.3) is 10.9 Å². The molecule has 1 aliphatic heterocycles. The topological polar surface area (TPSA) is 81.6 Å². The number of aromatic nitrogens is 2. The third-order valence-electron chi connectivity index (χ3n) is 6.54. The number of hydrogen-bond acceptors (Lipinski definition) is 5. The summed E-state index contributed by atoms with van der Waals surface area (Å²) in [4.78, 5) is 9.65. The van der Waals surface area contributed by atoms with Crippen LogP contribution in [0.1, 0.15) is 37.2 Å². The second kappa shape index (κ2) is 9.72. The van der Waals surface area contributed by atoms with E-state index in [1.54, 1.807) is 38.2 Å². The first-order chi connectivity index (χ1) is 16.4. The molecule has 3 heterocycles. The highest BCUT2D eigenvalue weighted by molar-refractivity contribution is 9.10. The van der Waals surface area contributed by atoms with E-state index < -0.39 is 30.0 Å². The minimum absolute atomic E-state index is 0.118. The summed E-state index contributed by atoms with van der Waals surface area (Å²) in [5.74, 6) is -0.118. The molecule has 10 heteroatoms. The van der Waals surface area contributed by atoms with Gasteiger partial charge < -0.3 is 19.9 Å². The SMILES string of the molecule is CC(C)(CC(O)(Cc1cc2cc(CN3CCOCC3)ncc2[nH]1)C(F)(F)F)c1cc(Br)ccc1O. The number of fused-ring (bicyclic) bond motifs is 1. The Morgan fingerprint density at radius 2 is 1.86 bits per heavy atom. The second-order valence-electron chi connectivity index (χ2n) is 9.87. The normalized spacial score (nSPS) is 17.6. The van der Waals surface area contributed by atoms with E-state index in [2.05, 4.69) is 30.8 Å². The molecular formula is C25H29BrF3N3O3. The molecule has 0 radical (unpaired) electrons. The molecule has 0 spiro atoms. The van der Waals surface area contributed by atoms with Gasteiger partial charge in [-0.05, 0) is 42.2 Å². The number of phenolic OH excluding ortho intramolecular Hbond substituents is 1. The maximum absolute atomic E-state index is 14.2. The Morgan fingerprint density at radius 1 is 1.14 bits per heavy atom. The monoisotopic (exact) mass is 555 g/mol. The van der Waals surface area contributed by atoms with E-state index in [-0.39, 0.29) is 11.4 Å². The van der Waals surface area contributed by atoms with Gasteiger partial charge in [0.15, 0.2) is 5.60 Å². The fourth-order valence-corrected chi connectivity index (χ4v) is 5.12. The number of aromatic hydroxyl groups is 1. The Hall–Kier alpha value is -2.14. The Morgan fingerprint density at radius 3 is 2.54 bits per heavy atom. The van der Waals surface area contributed by atoms with E-state index in [4.69, 9.17) is 4.74 Å². The number of alkyl halides is 3. The van der Waals surface area contributed by atoms with Crippen molar-refractivity contribution in [1.82, 2.24) is 14.9 Å². The van der Waals surface area contributed by atoms with E-state index in [1.165, 1.54) is 6.07 Å². The van der Waals surface area contributed by atoms with Crippen molar-refractivity contribution >= 4 is 26.8 Å². The molecule has 0 aliphatic carbocycles. The van der Waals surface area contributed by atoms with Crippen LogP contribution in [0.5, 0.6) is 5.75 Å². The number of rotatable bonds is 7. The van der Waals surface area contributed by atoms with Gasteiger partial charge in [0.05, 0.1) is 30.6 Å². The number of nitrogens with zero attached hydrogens (tertiary/aromatic N) is 2. The van der Waals surface area contributed by atoms with Crippen molar-refractivity contribution in [3.05, 3.63) is 58.0 Å². The Kier molecular flexibility index (Phi) is 7.21. The Labute approximate surface area is 210 Å². The molecule has 35 heavy (non-hydrogen) atoms. The van der Waals surface area contributed by atoms with Crippen LogP contribution in [0.2, 0.25) is 0 Å². The van der Waals surface area contributed by atoms with Crippen molar-refractivity contribution in [3.63, 3.8) is 0 Å². The zero-order valence-electron chi connectivity index (χ0n) is 19.6. The van der Waals surface area contributed by atoms with Crippen LogP contribution >= 0.6 is 15.9 Å². The number of pyridine rings is 1. The third kappa shape index (κ3) is 5.82. The lowest BCUT2D eigenvalue weighted by molar-refractivity contribution is -0.266. The minimum Gasteiger partial charge on any atom is -0.508 e. The maximum atomic E-state index is 14.2. The van der Waals surface area contributed by atoms with Gasteiger partial charge in [0.1, 0.15) is 5.75 Å². The van der Waals surface area contributed by atoms with Gasteiger partial charge >= 0.3 is 6.18 Å². The number of benzene rings is 1. The highest BCUT2D eigenvalue weighted by Crippen LogP contribution is 2.45. The molecule has 0 bridgehead atoms. The maximum Gasteiger partial charge on any atom is 0.417 e.